The number of ether oxygens (including phenoxy) is 1. The number of nitrogens with zero attached hydrogens (tertiary/aromatic N) is 1. The molecule has 132 valence electrons. The van der Waals surface area contributed by atoms with E-state index in [1.54, 1.807) is 19.2 Å². The van der Waals surface area contributed by atoms with Crippen LogP contribution in [0.5, 0.6) is 5.75 Å². The highest BCUT2D eigenvalue weighted by Gasteiger charge is 2.17. The van der Waals surface area contributed by atoms with E-state index in [9.17, 15) is 9.59 Å². The molecule has 0 heterocycles. The van der Waals surface area contributed by atoms with Crippen molar-refractivity contribution in [3.05, 3.63) is 58.6 Å². The van der Waals surface area contributed by atoms with Crippen LogP contribution >= 0.6 is 11.6 Å². The van der Waals surface area contributed by atoms with E-state index >= 15 is 0 Å². The van der Waals surface area contributed by atoms with Crippen LogP contribution in [0.3, 0.4) is 0 Å². The minimum absolute atomic E-state index is 0.0628. The molecule has 0 aliphatic rings. The quantitative estimate of drug-likeness (QED) is 0.859. The van der Waals surface area contributed by atoms with Crippen LogP contribution in [-0.4, -0.2) is 25.5 Å². The van der Waals surface area contributed by atoms with Crippen LogP contribution < -0.4 is 15.0 Å². The van der Waals surface area contributed by atoms with Gasteiger partial charge < -0.3 is 15.0 Å². The van der Waals surface area contributed by atoms with Gasteiger partial charge in [0, 0.05) is 24.2 Å². The van der Waals surface area contributed by atoms with Crippen LogP contribution in [0.15, 0.2) is 42.5 Å². The summed E-state index contributed by atoms with van der Waals surface area (Å²) in [5, 5.41) is 3.34. The Balaban J connectivity index is 2.02. The van der Waals surface area contributed by atoms with E-state index in [-0.39, 0.29) is 18.4 Å². The molecule has 0 spiro atoms. The summed E-state index contributed by atoms with van der Waals surface area (Å²) in [5.41, 5.74) is 2.46. The minimum Gasteiger partial charge on any atom is -0.497 e. The van der Waals surface area contributed by atoms with Crippen molar-refractivity contribution < 1.29 is 14.3 Å². The van der Waals surface area contributed by atoms with Crippen LogP contribution in [0.1, 0.15) is 18.1 Å². The number of halogens is 1. The van der Waals surface area contributed by atoms with Crippen molar-refractivity contribution in [3.63, 3.8) is 0 Å². The summed E-state index contributed by atoms with van der Waals surface area (Å²) >= 11 is 6.02. The topological polar surface area (TPSA) is 58.6 Å². The van der Waals surface area contributed by atoms with Crippen molar-refractivity contribution in [2.45, 2.75) is 20.4 Å². The van der Waals surface area contributed by atoms with Gasteiger partial charge in [-0.2, -0.15) is 0 Å². The average molecular weight is 361 g/mol. The molecule has 2 amide bonds. The number of hydrogen-bond donors (Lipinski definition) is 1. The Labute approximate surface area is 152 Å². The number of nitrogens with one attached hydrogen (secondary N) is 1. The molecule has 0 aliphatic heterocycles. The second-order valence-electron chi connectivity index (χ2n) is 5.66. The lowest BCUT2D eigenvalue weighted by atomic mass is 10.1. The summed E-state index contributed by atoms with van der Waals surface area (Å²) in [6.07, 6.45) is 0. The second-order valence-corrected chi connectivity index (χ2v) is 6.10. The van der Waals surface area contributed by atoms with E-state index in [0.717, 1.165) is 16.9 Å². The predicted molar refractivity (Wildman–Crippen MR) is 99.1 cm³/mol. The number of amides is 2. The van der Waals surface area contributed by atoms with Crippen molar-refractivity contribution in [1.82, 2.24) is 5.32 Å². The molecule has 2 aromatic rings. The van der Waals surface area contributed by atoms with E-state index in [1.165, 1.54) is 11.8 Å². The van der Waals surface area contributed by atoms with Gasteiger partial charge in [-0.25, -0.2) is 0 Å². The SMILES string of the molecule is COc1ccc(CNC(=O)CN(C(C)=O)c2cc(Cl)ccc2C)cc1. The Morgan fingerprint density at radius 2 is 1.84 bits per heavy atom. The fourth-order valence-electron chi connectivity index (χ4n) is 2.38. The molecule has 5 nitrogen and oxygen atoms in total. The van der Waals surface area contributed by atoms with E-state index in [1.807, 2.05) is 37.3 Å². The monoisotopic (exact) mass is 360 g/mol. The first-order chi connectivity index (χ1) is 11.9. The van der Waals surface area contributed by atoms with Gasteiger partial charge in [0.1, 0.15) is 12.3 Å². The largest absolute Gasteiger partial charge is 0.497 e. The highest BCUT2D eigenvalue weighted by atomic mass is 35.5. The van der Waals surface area contributed by atoms with Crippen LogP contribution in [-0.2, 0) is 16.1 Å². The van der Waals surface area contributed by atoms with E-state index in [2.05, 4.69) is 5.32 Å². The van der Waals surface area contributed by atoms with Gasteiger partial charge in [-0.15, -0.1) is 0 Å². The normalized spacial score (nSPS) is 10.2. The van der Waals surface area contributed by atoms with Crippen molar-refractivity contribution in [2.24, 2.45) is 0 Å². The zero-order valence-electron chi connectivity index (χ0n) is 14.5. The maximum atomic E-state index is 12.3. The molecule has 6 heteroatoms. The molecular weight excluding hydrogens is 340 g/mol. The number of carbonyl (C=O) groups is 2. The first kappa shape index (κ1) is 18.8. The van der Waals surface area contributed by atoms with Gasteiger partial charge in [-0.05, 0) is 42.3 Å². The highest BCUT2D eigenvalue weighted by molar-refractivity contribution is 6.31. The second kappa shape index (κ2) is 8.53. The highest BCUT2D eigenvalue weighted by Crippen LogP contribution is 2.24. The van der Waals surface area contributed by atoms with Crippen molar-refractivity contribution >= 4 is 29.1 Å². The third kappa shape index (κ3) is 5.22. The summed E-state index contributed by atoms with van der Waals surface area (Å²) in [4.78, 5) is 25.7. The Morgan fingerprint density at radius 1 is 1.16 bits per heavy atom. The molecule has 0 aliphatic carbocycles. The van der Waals surface area contributed by atoms with Crippen molar-refractivity contribution in [2.75, 3.05) is 18.6 Å². The molecule has 2 rings (SSSR count). The number of benzene rings is 2. The maximum absolute atomic E-state index is 12.3. The van der Waals surface area contributed by atoms with Gasteiger partial charge in [0.2, 0.25) is 11.8 Å². The third-order valence-corrected chi connectivity index (χ3v) is 4.03. The molecule has 0 aromatic heterocycles. The van der Waals surface area contributed by atoms with Crippen LogP contribution in [0.2, 0.25) is 5.02 Å². The Kier molecular flexibility index (Phi) is 6.42. The molecule has 0 fully saturated rings. The number of hydrogen-bond acceptors (Lipinski definition) is 3. The molecule has 0 radical (unpaired) electrons. The van der Waals surface area contributed by atoms with Crippen LogP contribution in [0, 0.1) is 6.92 Å². The molecular formula is C19H21ClN2O3. The molecule has 1 N–H and O–H groups in total. The summed E-state index contributed by atoms with van der Waals surface area (Å²) in [6, 6.07) is 12.7. The van der Waals surface area contributed by atoms with Gasteiger partial charge >= 0.3 is 0 Å². The molecule has 0 saturated heterocycles. The third-order valence-electron chi connectivity index (χ3n) is 3.79. The minimum atomic E-state index is -0.245. The lowest BCUT2D eigenvalue weighted by molar-refractivity contribution is -0.123. The fraction of sp³-hybridized carbons (Fsp3) is 0.263. The van der Waals surface area contributed by atoms with Crippen LogP contribution in [0.4, 0.5) is 5.69 Å². The zero-order valence-corrected chi connectivity index (χ0v) is 15.3. The van der Waals surface area contributed by atoms with Crippen molar-refractivity contribution in [3.8, 4) is 5.75 Å². The molecule has 0 unspecified atom stereocenters. The fourth-order valence-corrected chi connectivity index (χ4v) is 2.55. The van der Waals surface area contributed by atoms with E-state index < -0.39 is 0 Å². The first-order valence-corrected chi connectivity index (χ1v) is 8.22. The summed E-state index contributed by atoms with van der Waals surface area (Å²) in [6.45, 7) is 3.61. The number of aryl methyl sites for hydroxylation is 1. The number of anilines is 1. The number of methoxy groups -OCH3 is 1. The van der Waals surface area contributed by atoms with Gasteiger partial charge in [-0.1, -0.05) is 29.8 Å². The van der Waals surface area contributed by atoms with Crippen LogP contribution in [0.25, 0.3) is 0 Å². The van der Waals surface area contributed by atoms with E-state index in [0.29, 0.717) is 17.3 Å². The number of carbonyl (C=O) groups excluding carboxylic acids is 2. The molecule has 2 aromatic carbocycles. The predicted octanol–water partition coefficient (Wildman–Crippen LogP) is 3.33. The van der Waals surface area contributed by atoms with Gasteiger partial charge in [0.25, 0.3) is 0 Å². The summed E-state index contributed by atoms with van der Waals surface area (Å²) in [5.74, 6) is 0.296. The van der Waals surface area contributed by atoms with Gasteiger partial charge in [0.05, 0.1) is 7.11 Å². The smallest absolute Gasteiger partial charge is 0.240 e. The Morgan fingerprint density at radius 3 is 2.44 bits per heavy atom. The van der Waals surface area contributed by atoms with Crippen molar-refractivity contribution in [1.29, 1.82) is 0 Å². The first-order valence-electron chi connectivity index (χ1n) is 7.84. The van der Waals surface area contributed by atoms with Gasteiger partial charge in [0.15, 0.2) is 0 Å². The molecule has 25 heavy (non-hydrogen) atoms. The lowest BCUT2D eigenvalue weighted by Crippen LogP contribution is -2.40. The summed E-state index contributed by atoms with van der Waals surface area (Å²) < 4.78 is 5.10. The standard InChI is InChI=1S/C19H21ClN2O3/c1-13-4-7-16(20)10-18(13)22(14(2)23)12-19(24)21-11-15-5-8-17(25-3)9-6-15/h4-10H,11-12H2,1-3H3,(H,21,24). The molecule has 0 atom stereocenters. The lowest BCUT2D eigenvalue weighted by Gasteiger charge is -2.23. The Bertz CT molecular complexity index is 760. The van der Waals surface area contributed by atoms with E-state index in [4.69, 9.17) is 16.3 Å². The molecule has 0 bridgehead atoms. The average Bonchev–Trinajstić information content (AvgIpc) is 2.60. The number of rotatable bonds is 6. The molecule has 0 saturated carbocycles. The van der Waals surface area contributed by atoms with Gasteiger partial charge in [-0.3, -0.25) is 9.59 Å². The maximum Gasteiger partial charge on any atom is 0.240 e. The summed E-state index contributed by atoms with van der Waals surface area (Å²) in [7, 11) is 1.60. The zero-order chi connectivity index (χ0) is 18.4. The Hall–Kier alpha value is -2.53.